The summed E-state index contributed by atoms with van der Waals surface area (Å²) in [5.74, 6) is 1.60. The molecule has 2 aromatic rings. The van der Waals surface area contributed by atoms with Crippen LogP contribution in [0.1, 0.15) is 26.0 Å². The highest BCUT2D eigenvalue weighted by molar-refractivity contribution is 7.99. The third-order valence-electron chi connectivity index (χ3n) is 4.34. The van der Waals surface area contributed by atoms with E-state index in [9.17, 15) is 9.59 Å². The van der Waals surface area contributed by atoms with E-state index >= 15 is 0 Å². The monoisotopic (exact) mass is 403 g/mol. The van der Waals surface area contributed by atoms with Gasteiger partial charge in [0.2, 0.25) is 5.91 Å². The van der Waals surface area contributed by atoms with Crippen molar-refractivity contribution in [2.45, 2.75) is 37.9 Å². The fourth-order valence-corrected chi connectivity index (χ4v) is 3.76. The summed E-state index contributed by atoms with van der Waals surface area (Å²) in [7, 11) is 0. The number of hydrogen-bond acceptors (Lipinski definition) is 6. The number of aromatic nitrogens is 2. The number of likely N-dealkylation sites (N-methyl/N-ethyl adjacent to an activating group) is 1. The minimum atomic E-state index is -0.213. The molecule has 7 nitrogen and oxygen atoms in total. The van der Waals surface area contributed by atoms with Crippen LogP contribution in [0.4, 0.5) is 0 Å². The molecule has 0 bridgehead atoms. The Morgan fingerprint density at radius 1 is 1.32 bits per heavy atom. The Hall–Kier alpha value is -2.48. The zero-order valence-corrected chi connectivity index (χ0v) is 17.0. The number of aromatic amines is 1. The molecule has 1 aromatic carbocycles. The Balaban J connectivity index is 1.56. The van der Waals surface area contributed by atoms with Crippen LogP contribution in [-0.4, -0.2) is 52.3 Å². The van der Waals surface area contributed by atoms with Crippen LogP contribution in [0.3, 0.4) is 0 Å². The molecule has 3 rings (SSSR count). The van der Waals surface area contributed by atoms with Gasteiger partial charge in [0.1, 0.15) is 6.61 Å². The molecule has 28 heavy (non-hydrogen) atoms. The largest absolute Gasteiger partial charge is 0.486 e. The molecule has 0 fully saturated rings. The lowest BCUT2D eigenvalue weighted by Crippen LogP contribution is -2.44. The van der Waals surface area contributed by atoms with Crippen molar-refractivity contribution < 1.29 is 14.3 Å². The number of hydrogen-bond donors (Lipinski definition) is 1. The fourth-order valence-electron chi connectivity index (χ4n) is 2.96. The summed E-state index contributed by atoms with van der Waals surface area (Å²) in [5.41, 5.74) is 0.562. The Morgan fingerprint density at radius 2 is 2.11 bits per heavy atom. The van der Waals surface area contributed by atoms with Gasteiger partial charge < -0.3 is 19.4 Å². The lowest BCUT2D eigenvalue weighted by atomic mass is 10.2. The van der Waals surface area contributed by atoms with Crippen LogP contribution < -0.4 is 15.0 Å². The number of thioether (sulfide) groups is 1. The molecule has 0 unspecified atom stereocenters. The number of amides is 1. The van der Waals surface area contributed by atoms with E-state index in [1.807, 2.05) is 38.1 Å². The average Bonchev–Trinajstić information content (AvgIpc) is 2.70. The van der Waals surface area contributed by atoms with Gasteiger partial charge in [-0.25, -0.2) is 4.98 Å². The number of nitrogens with one attached hydrogen (secondary N) is 1. The van der Waals surface area contributed by atoms with Gasteiger partial charge in [0.25, 0.3) is 5.56 Å². The van der Waals surface area contributed by atoms with Gasteiger partial charge in [0, 0.05) is 18.3 Å². The first-order valence-corrected chi connectivity index (χ1v) is 10.5. The van der Waals surface area contributed by atoms with Crippen LogP contribution in [0.5, 0.6) is 11.5 Å². The first-order valence-electron chi connectivity index (χ1n) is 9.48. The average molecular weight is 404 g/mol. The predicted octanol–water partition coefficient (Wildman–Crippen LogP) is 2.50. The lowest BCUT2D eigenvalue weighted by molar-refractivity contribution is -0.129. The SMILES string of the molecule is CCCc1cc(=O)[nH]c(SCC(=O)N(CC)C[C@H]2COc3ccccc3O2)n1. The molecule has 1 atom stereocenters. The molecular formula is C20H25N3O4S. The Kier molecular flexibility index (Phi) is 6.97. The maximum absolute atomic E-state index is 12.7. The second-order valence-electron chi connectivity index (χ2n) is 6.51. The number of para-hydroxylation sites is 2. The number of carbonyl (C=O) groups excluding carboxylic acids is 1. The summed E-state index contributed by atoms with van der Waals surface area (Å²) in [6, 6.07) is 9.03. The van der Waals surface area contributed by atoms with Gasteiger partial charge in [-0.2, -0.15) is 0 Å². The lowest BCUT2D eigenvalue weighted by Gasteiger charge is -2.30. The third kappa shape index (κ3) is 5.28. The van der Waals surface area contributed by atoms with Gasteiger partial charge in [-0.05, 0) is 25.5 Å². The summed E-state index contributed by atoms with van der Waals surface area (Å²) in [6.45, 7) is 5.39. The highest BCUT2D eigenvalue weighted by Crippen LogP contribution is 2.31. The fraction of sp³-hybridized carbons (Fsp3) is 0.450. The molecule has 1 N–H and O–H groups in total. The molecule has 2 heterocycles. The van der Waals surface area contributed by atoms with Gasteiger partial charge in [0.15, 0.2) is 22.8 Å². The van der Waals surface area contributed by atoms with E-state index in [1.165, 1.54) is 17.8 Å². The van der Waals surface area contributed by atoms with Crippen LogP contribution in [0.2, 0.25) is 0 Å². The van der Waals surface area contributed by atoms with Crippen molar-refractivity contribution in [3.8, 4) is 11.5 Å². The van der Waals surface area contributed by atoms with Crippen LogP contribution in [0, 0.1) is 0 Å². The minimum absolute atomic E-state index is 0.0292. The Bertz CT molecular complexity index is 871. The van der Waals surface area contributed by atoms with E-state index in [-0.39, 0.29) is 23.3 Å². The van der Waals surface area contributed by atoms with Gasteiger partial charge in [-0.15, -0.1) is 0 Å². The summed E-state index contributed by atoms with van der Waals surface area (Å²) < 4.78 is 11.7. The molecule has 1 aliphatic rings. The molecule has 0 aliphatic carbocycles. The number of benzene rings is 1. The molecule has 0 saturated carbocycles. The molecule has 1 amide bonds. The standard InChI is InChI=1S/C20H25N3O4S/c1-3-7-14-10-18(24)22-20(21-14)28-13-19(25)23(4-2)11-15-12-26-16-8-5-6-9-17(16)27-15/h5-6,8-10,15H,3-4,7,11-13H2,1-2H3,(H,21,22,24)/t15-/m0/s1. The third-order valence-corrected chi connectivity index (χ3v) is 5.20. The topological polar surface area (TPSA) is 84.5 Å². The molecule has 1 aromatic heterocycles. The summed E-state index contributed by atoms with van der Waals surface area (Å²) in [6.07, 6.45) is 1.44. The van der Waals surface area contributed by atoms with Gasteiger partial charge >= 0.3 is 0 Å². The van der Waals surface area contributed by atoms with Gasteiger partial charge in [-0.1, -0.05) is 37.2 Å². The first kappa shape index (κ1) is 20.3. The summed E-state index contributed by atoms with van der Waals surface area (Å²) >= 11 is 1.25. The molecule has 1 aliphatic heterocycles. The van der Waals surface area contributed by atoms with Crippen LogP contribution >= 0.6 is 11.8 Å². The van der Waals surface area contributed by atoms with Crippen LogP contribution in [0.25, 0.3) is 0 Å². The Morgan fingerprint density at radius 3 is 2.86 bits per heavy atom. The quantitative estimate of drug-likeness (QED) is 0.539. The normalized spacial score (nSPS) is 15.3. The van der Waals surface area contributed by atoms with Crippen molar-refractivity contribution in [1.82, 2.24) is 14.9 Å². The summed E-state index contributed by atoms with van der Waals surface area (Å²) in [4.78, 5) is 33.2. The summed E-state index contributed by atoms with van der Waals surface area (Å²) in [5, 5.41) is 0.478. The number of rotatable bonds is 8. The van der Waals surface area contributed by atoms with Crippen molar-refractivity contribution in [3.63, 3.8) is 0 Å². The zero-order chi connectivity index (χ0) is 19.9. The van der Waals surface area contributed by atoms with E-state index in [1.54, 1.807) is 4.90 Å². The second-order valence-corrected chi connectivity index (χ2v) is 7.47. The van der Waals surface area contributed by atoms with Crippen LogP contribution in [-0.2, 0) is 11.2 Å². The van der Waals surface area contributed by atoms with E-state index < -0.39 is 0 Å². The predicted molar refractivity (Wildman–Crippen MR) is 108 cm³/mol. The van der Waals surface area contributed by atoms with Crippen LogP contribution in [0.15, 0.2) is 40.3 Å². The number of nitrogens with zero attached hydrogens (tertiary/aromatic N) is 2. The van der Waals surface area contributed by atoms with Gasteiger partial charge in [-0.3, -0.25) is 9.59 Å². The number of carbonyl (C=O) groups is 1. The number of H-pyrrole nitrogens is 1. The number of fused-ring (bicyclic) bond motifs is 1. The zero-order valence-electron chi connectivity index (χ0n) is 16.1. The van der Waals surface area contributed by atoms with Gasteiger partial charge in [0.05, 0.1) is 12.3 Å². The Labute approximate surface area is 168 Å². The molecular weight excluding hydrogens is 378 g/mol. The first-order chi connectivity index (χ1) is 13.6. The van der Waals surface area contributed by atoms with Crippen molar-refractivity contribution in [2.24, 2.45) is 0 Å². The molecule has 0 radical (unpaired) electrons. The maximum Gasteiger partial charge on any atom is 0.251 e. The highest BCUT2D eigenvalue weighted by Gasteiger charge is 2.24. The van der Waals surface area contributed by atoms with Crippen molar-refractivity contribution in [2.75, 3.05) is 25.4 Å². The van der Waals surface area contributed by atoms with E-state index in [0.717, 1.165) is 24.3 Å². The highest BCUT2D eigenvalue weighted by atomic mass is 32.2. The second kappa shape index (κ2) is 9.64. The minimum Gasteiger partial charge on any atom is -0.486 e. The van der Waals surface area contributed by atoms with Crippen molar-refractivity contribution in [3.05, 3.63) is 46.4 Å². The van der Waals surface area contributed by atoms with E-state index in [4.69, 9.17) is 9.47 Å². The molecule has 8 heteroatoms. The molecule has 0 saturated heterocycles. The smallest absolute Gasteiger partial charge is 0.251 e. The van der Waals surface area contributed by atoms with E-state index in [0.29, 0.717) is 30.6 Å². The van der Waals surface area contributed by atoms with Crippen molar-refractivity contribution in [1.29, 1.82) is 0 Å². The molecule has 150 valence electrons. The number of aryl methyl sites for hydroxylation is 1. The number of ether oxygens (including phenoxy) is 2. The van der Waals surface area contributed by atoms with Crippen molar-refractivity contribution >= 4 is 17.7 Å². The maximum atomic E-state index is 12.7. The van der Waals surface area contributed by atoms with E-state index in [2.05, 4.69) is 9.97 Å². The molecule has 0 spiro atoms.